The van der Waals surface area contributed by atoms with Crippen molar-refractivity contribution in [2.24, 2.45) is 5.10 Å². The predicted octanol–water partition coefficient (Wildman–Crippen LogP) is 2.36. The second-order valence-electron chi connectivity index (χ2n) is 4.66. The van der Waals surface area contributed by atoms with Crippen LogP contribution in [-0.4, -0.2) is 22.0 Å². The molecule has 7 nitrogen and oxygen atoms in total. The molecule has 1 amide bonds. The molecule has 0 atom stereocenters. The van der Waals surface area contributed by atoms with Crippen molar-refractivity contribution in [2.75, 3.05) is 0 Å². The number of benzene rings is 1. The molecule has 0 bridgehead atoms. The molecule has 0 unspecified atom stereocenters. The summed E-state index contributed by atoms with van der Waals surface area (Å²) in [6.45, 7) is 3.53. The van der Waals surface area contributed by atoms with Crippen LogP contribution in [0, 0.1) is 24.0 Å². The number of aromatic nitrogens is 1. The first-order chi connectivity index (χ1) is 10.5. The van der Waals surface area contributed by atoms with Gasteiger partial charge in [0.15, 0.2) is 0 Å². The Kier molecular flexibility index (Phi) is 4.95. The molecule has 8 heteroatoms. The van der Waals surface area contributed by atoms with Gasteiger partial charge in [0.25, 0.3) is 5.69 Å². The number of nitro groups is 1. The first kappa shape index (κ1) is 15.8. The van der Waals surface area contributed by atoms with Crippen LogP contribution in [0.25, 0.3) is 0 Å². The van der Waals surface area contributed by atoms with Crippen molar-refractivity contribution in [3.63, 3.8) is 0 Å². The van der Waals surface area contributed by atoms with Gasteiger partial charge in [-0.1, -0.05) is 12.1 Å². The van der Waals surface area contributed by atoms with Crippen LogP contribution in [0.3, 0.4) is 0 Å². The van der Waals surface area contributed by atoms with Gasteiger partial charge >= 0.3 is 0 Å². The lowest BCUT2D eigenvalue weighted by Gasteiger charge is -1.99. The van der Waals surface area contributed by atoms with Gasteiger partial charge < -0.3 is 0 Å². The molecular formula is C14H14N4O3S. The van der Waals surface area contributed by atoms with Gasteiger partial charge in [0.05, 0.1) is 17.6 Å². The average molecular weight is 318 g/mol. The summed E-state index contributed by atoms with van der Waals surface area (Å²) in [5.74, 6) is -0.285. The number of nitrogens with zero attached hydrogens (tertiary/aromatic N) is 3. The van der Waals surface area contributed by atoms with E-state index in [2.05, 4.69) is 15.5 Å². The quantitative estimate of drug-likeness (QED) is 0.520. The number of nitrogens with one attached hydrogen (secondary N) is 1. The maximum Gasteiger partial charge on any atom is 0.272 e. The summed E-state index contributed by atoms with van der Waals surface area (Å²) >= 11 is 1.42. The van der Waals surface area contributed by atoms with E-state index in [4.69, 9.17) is 0 Å². The van der Waals surface area contributed by atoms with Gasteiger partial charge in [0.2, 0.25) is 5.91 Å². The molecule has 0 saturated carbocycles. The number of rotatable bonds is 5. The van der Waals surface area contributed by atoms with Gasteiger partial charge in [-0.3, -0.25) is 14.9 Å². The number of hydrogen-bond acceptors (Lipinski definition) is 6. The number of nitro benzene ring substituents is 1. The van der Waals surface area contributed by atoms with E-state index in [0.29, 0.717) is 11.1 Å². The molecule has 114 valence electrons. The fraction of sp³-hybridized carbons (Fsp3) is 0.214. The lowest BCUT2D eigenvalue weighted by atomic mass is 10.1. The topological polar surface area (TPSA) is 97.5 Å². The molecule has 0 aliphatic heterocycles. The minimum absolute atomic E-state index is 0.0218. The molecule has 1 heterocycles. The van der Waals surface area contributed by atoms with Crippen LogP contribution >= 0.6 is 11.3 Å². The van der Waals surface area contributed by atoms with Crippen molar-refractivity contribution >= 4 is 29.1 Å². The SMILES string of the molecule is Cc1csc(CC(=O)N/N=C\c2ccc(C)c([N+](=O)[O-])c2)n1. The van der Waals surface area contributed by atoms with Crippen LogP contribution in [0.5, 0.6) is 0 Å². The lowest BCUT2D eigenvalue weighted by molar-refractivity contribution is -0.385. The maximum absolute atomic E-state index is 11.7. The lowest BCUT2D eigenvalue weighted by Crippen LogP contribution is -2.19. The van der Waals surface area contributed by atoms with E-state index in [1.807, 2.05) is 12.3 Å². The van der Waals surface area contributed by atoms with Gasteiger partial charge in [0.1, 0.15) is 5.01 Å². The predicted molar refractivity (Wildman–Crippen MR) is 84.1 cm³/mol. The van der Waals surface area contributed by atoms with E-state index >= 15 is 0 Å². The van der Waals surface area contributed by atoms with Crippen LogP contribution in [-0.2, 0) is 11.2 Å². The molecule has 22 heavy (non-hydrogen) atoms. The Bertz CT molecular complexity index is 739. The van der Waals surface area contributed by atoms with Crippen molar-refractivity contribution in [2.45, 2.75) is 20.3 Å². The van der Waals surface area contributed by atoms with E-state index in [-0.39, 0.29) is 18.0 Å². The molecule has 0 aliphatic rings. The molecule has 0 fully saturated rings. The number of carbonyl (C=O) groups is 1. The number of hydrazone groups is 1. The van der Waals surface area contributed by atoms with Crippen LogP contribution in [0.2, 0.25) is 0 Å². The van der Waals surface area contributed by atoms with Crippen LogP contribution in [0.15, 0.2) is 28.7 Å². The number of carbonyl (C=O) groups excluding carboxylic acids is 1. The summed E-state index contributed by atoms with van der Waals surface area (Å²) in [5.41, 5.74) is 4.40. The van der Waals surface area contributed by atoms with Gasteiger partial charge in [-0.05, 0) is 13.8 Å². The number of aryl methyl sites for hydroxylation is 2. The van der Waals surface area contributed by atoms with Crippen LogP contribution in [0.1, 0.15) is 21.8 Å². The van der Waals surface area contributed by atoms with Crippen molar-refractivity contribution in [3.8, 4) is 0 Å². The molecule has 1 aromatic carbocycles. The summed E-state index contributed by atoms with van der Waals surface area (Å²) in [6, 6.07) is 4.75. The van der Waals surface area contributed by atoms with E-state index in [1.165, 1.54) is 23.6 Å². The van der Waals surface area contributed by atoms with Crippen LogP contribution < -0.4 is 5.43 Å². The molecular weight excluding hydrogens is 304 g/mol. The molecule has 0 radical (unpaired) electrons. The van der Waals surface area contributed by atoms with E-state index in [1.54, 1.807) is 19.1 Å². The Hall–Kier alpha value is -2.61. The second-order valence-corrected chi connectivity index (χ2v) is 5.60. The fourth-order valence-corrected chi connectivity index (χ4v) is 2.51. The monoisotopic (exact) mass is 318 g/mol. The van der Waals surface area contributed by atoms with Crippen molar-refractivity contribution in [1.29, 1.82) is 0 Å². The Morgan fingerprint density at radius 2 is 2.27 bits per heavy atom. The minimum atomic E-state index is -0.448. The van der Waals surface area contributed by atoms with Gasteiger partial charge in [0, 0.05) is 28.3 Å². The number of hydrogen-bond donors (Lipinski definition) is 1. The zero-order chi connectivity index (χ0) is 16.1. The minimum Gasteiger partial charge on any atom is -0.273 e. The highest BCUT2D eigenvalue weighted by Crippen LogP contribution is 2.18. The highest BCUT2D eigenvalue weighted by molar-refractivity contribution is 7.09. The first-order valence-corrected chi connectivity index (χ1v) is 7.31. The van der Waals surface area contributed by atoms with E-state index < -0.39 is 4.92 Å². The molecule has 0 spiro atoms. The van der Waals surface area contributed by atoms with Gasteiger partial charge in [-0.25, -0.2) is 10.4 Å². The molecule has 1 aromatic heterocycles. The van der Waals surface area contributed by atoms with E-state index in [9.17, 15) is 14.9 Å². The Labute approximate surface area is 130 Å². The Morgan fingerprint density at radius 3 is 2.91 bits per heavy atom. The van der Waals surface area contributed by atoms with Crippen molar-refractivity contribution < 1.29 is 9.72 Å². The smallest absolute Gasteiger partial charge is 0.272 e. The molecule has 2 rings (SSSR count). The van der Waals surface area contributed by atoms with Gasteiger partial charge in [-0.15, -0.1) is 11.3 Å². The third-order valence-electron chi connectivity index (χ3n) is 2.81. The average Bonchev–Trinajstić information content (AvgIpc) is 2.85. The van der Waals surface area contributed by atoms with E-state index in [0.717, 1.165) is 10.7 Å². The number of amides is 1. The molecule has 0 saturated heterocycles. The molecule has 1 N–H and O–H groups in total. The zero-order valence-electron chi connectivity index (χ0n) is 12.1. The van der Waals surface area contributed by atoms with Crippen molar-refractivity contribution in [1.82, 2.24) is 10.4 Å². The summed E-state index contributed by atoms with van der Waals surface area (Å²) in [4.78, 5) is 26.3. The highest BCUT2D eigenvalue weighted by Gasteiger charge is 2.10. The number of thiazole rings is 1. The standard InChI is InChI=1S/C14H14N4O3S/c1-9-3-4-11(5-12(9)18(20)21)7-15-17-13(19)6-14-16-10(2)8-22-14/h3-5,7-8H,6H2,1-2H3,(H,17,19)/b15-7-. The first-order valence-electron chi connectivity index (χ1n) is 6.43. The normalized spacial score (nSPS) is 10.8. The largest absolute Gasteiger partial charge is 0.273 e. The van der Waals surface area contributed by atoms with Gasteiger partial charge in [-0.2, -0.15) is 5.10 Å². The highest BCUT2D eigenvalue weighted by atomic mass is 32.1. The summed E-state index contributed by atoms with van der Waals surface area (Å²) in [7, 11) is 0. The summed E-state index contributed by atoms with van der Waals surface area (Å²) < 4.78 is 0. The summed E-state index contributed by atoms with van der Waals surface area (Å²) in [6.07, 6.45) is 1.53. The summed E-state index contributed by atoms with van der Waals surface area (Å²) in [5, 5.41) is 17.2. The molecule has 2 aromatic rings. The second kappa shape index (κ2) is 6.90. The van der Waals surface area contributed by atoms with Crippen molar-refractivity contribution in [3.05, 3.63) is 55.5 Å². The third kappa shape index (κ3) is 4.19. The maximum atomic E-state index is 11.7. The zero-order valence-corrected chi connectivity index (χ0v) is 12.9. The Balaban J connectivity index is 1.96. The third-order valence-corrected chi connectivity index (χ3v) is 3.78. The fourth-order valence-electron chi connectivity index (χ4n) is 1.74. The Morgan fingerprint density at radius 1 is 1.50 bits per heavy atom. The molecule has 0 aliphatic carbocycles. The van der Waals surface area contributed by atoms with Crippen LogP contribution in [0.4, 0.5) is 5.69 Å².